The van der Waals surface area contributed by atoms with Crippen molar-refractivity contribution in [1.29, 1.82) is 0 Å². The zero-order chi connectivity index (χ0) is 12.6. The molecule has 4 heteroatoms. The lowest BCUT2D eigenvalue weighted by Crippen LogP contribution is -2.15. The highest BCUT2D eigenvalue weighted by molar-refractivity contribution is 5.80. The van der Waals surface area contributed by atoms with Crippen LogP contribution in [0.15, 0.2) is 18.2 Å². The molecule has 0 saturated carbocycles. The summed E-state index contributed by atoms with van der Waals surface area (Å²) in [7, 11) is 2.00. The number of hydrogen-bond donors (Lipinski definition) is 2. The lowest BCUT2D eigenvalue weighted by atomic mass is 10.1. The Morgan fingerprint density at radius 2 is 2.12 bits per heavy atom. The molecule has 0 spiro atoms. The van der Waals surface area contributed by atoms with Crippen molar-refractivity contribution in [3.05, 3.63) is 29.6 Å². The van der Waals surface area contributed by atoms with Crippen LogP contribution in [0.4, 0.5) is 0 Å². The van der Waals surface area contributed by atoms with Gasteiger partial charge in [-0.3, -0.25) is 0 Å². The standard InChI is InChI=1S/C13H19N3O/c1-8(2)13-15-11-6-4-5-9(10(14)7-17)12(11)16(13)3/h4-6,8,10,17H,7,14H2,1-3H3. The molecule has 0 saturated heterocycles. The van der Waals surface area contributed by atoms with E-state index < -0.39 is 0 Å². The van der Waals surface area contributed by atoms with E-state index in [1.165, 1.54) is 0 Å². The molecule has 0 aliphatic carbocycles. The Labute approximate surface area is 101 Å². The van der Waals surface area contributed by atoms with Crippen LogP contribution in [-0.4, -0.2) is 21.3 Å². The van der Waals surface area contributed by atoms with E-state index >= 15 is 0 Å². The van der Waals surface area contributed by atoms with E-state index in [0.717, 1.165) is 22.4 Å². The van der Waals surface area contributed by atoms with E-state index in [2.05, 4.69) is 23.4 Å². The Balaban J connectivity index is 2.71. The summed E-state index contributed by atoms with van der Waals surface area (Å²) in [6, 6.07) is 5.52. The minimum atomic E-state index is -0.353. The number of hydrogen-bond acceptors (Lipinski definition) is 3. The molecule has 1 aromatic heterocycles. The summed E-state index contributed by atoms with van der Waals surface area (Å²) in [5.74, 6) is 1.41. The largest absolute Gasteiger partial charge is 0.394 e. The number of aryl methyl sites for hydroxylation is 1. The zero-order valence-corrected chi connectivity index (χ0v) is 10.5. The van der Waals surface area contributed by atoms with Gasteiger partial charge in [-0.2, -0.15) is 0 Å². The number of fused-ring (bicyclic) bond motifs is 1. The van der Waals surface area contributed by atoms with E-state index in [9.17, 15) is 5.11 Å². The maximum absolute atomic E-state index is 9.20. The van der Waals surface area contributed by atoms with E-state index in [0.29, 0.717) is 5.92 Å². The third kappa shape index (κ3) is 1.94. The first-order valence-corrected chi connectivity index (χ1v) is 5.88. The summed E-state index contributed by atoms with van der Waals surface area (Å²) in [5, 5.41) is 9.20. The maximum Gasteiger partial charge on any atom is 0.112 e. The summed E-state index contributed by atoms with van der Waals surface area (Å²) in [6.07, 6.45) is 0. The molecule has 17 heavy (non-hydrogen) atoms. The number of nitrogens with zero attached hydrogens (tertiary/aromatic N) is 2. The SMILES string of the molecule is CC(C)c1nc2cccc(C(N)CO)c2n1C. The minimum absolute atomic E-state index is 0.0543. The normalized spacial score (nSPS) is 13.5. The Kier molecular flexibility index (Phi) is 3.17. The molecule has 4 nitrogen and oxygen atoms in total. The first kappa shape index (κ1) is 12.1. The van der Waals surface area contributed by atoms with Gasteiger partial charge in [0.15, 0.2) is 0 Å². The van der Waals surface area contributed by atoms with E-state index in [1.807, 2.05) is 25.2 Å². The predicted molar refractivity (Wildman–Crippen MR) is 68.8 cm³/mol. The summed E-state index contributed by atoms with van der Waals surface area (Å²) >= 11 is 0. The molecular weight excluding hydrogens is 214 g/mol. The number of imidazole rings is 1. The van der Waals surface area contributed by atoms with Gasteiger partial charge in [-0.1, -0.05) is 26.0 Å². The van der Waals surface area contributed by atoms with Crippen LogP contribution >= 0.6 is 0 Å². The van der Waals surface area contributed by atoms with Gasteiger partial charge in [-0.15, -0.1) is 0 Å². The molecule has 0 amide bonds. The van der Waals surface area contributed by atoms with Crippen LogP contribution in [0.1, 0.15) is 37.2 Å². The Bertz CT molecular complexity index is 531. The molecule has 0 aliphatic rings. The number of para-hydroxylation sites is 1. The fourth-order valence-corrected chi connectivity index (χ4v) is 2.23. The van der Waals surface area contributed by atoms with Crippen molar-refractivity contribution < 1.29 is 5.11 Å². The first-order chi connectivity index (χ1) is 8.06. The fourth-order valence-electron chi connectivity index (χ4n) is 2.23. The molecule has 0 radical (unpaired) electrons. The van der Waals surface area contributed by atoms with Crippen molar-refractivity contribution >= 4 is 11.0 Å². The molecule has 0 aliphatic heterocycles. The van der Waals surface area contributed by atoms with Crippen LogP contribution in [0, 0.1) is 0 Å². The highest BCUT2D eigenvalue weighted by Gasteiger charge is 2.16. The van der Waals surface area contributed by atoms with Crippen molar-refractivity contribution in [2.75, 3.05) is 6.61 Å². The third-order valence-electron chi connectivity index (χ3n) is 3.07. The Hall–Kier alpha value is -1.39. The van der Waals surface area contributed by atoms with Crippen molar-refractivity contribution in [2.24, 2.45) is 12.8 Å². The van der Waals surface area contributed by atoms with Crippen LogP contribution in [0.2, 0.25) is 0 Å². The van der Waals surface area contributed by atoms with Gasteiger partial charge >= 0.3 is 0 Å². The Morgan fingerprint density at radius 3 is 2.71 bits per heavy atom. The van der Waals surface area contributed by atoms with Crippen LogP contribution < -0.4 is 5.73 Å². The topological polar surface area (TPSA) is 64.1 Å². The molecule has 0 bridgehead atoms. The van der Waals surface area contributed by atoms with Gasteiger partial charge in [0.05, 0.1) is 23.7 Å². The van der Waals surface area contributed by atoms with Gasteiger partial charge in [0, 0.05) is 13.0 Å². The molecule has 2 rings (SSSR count). The van der Waals surface area contributed by atoms with Gasteiger partial charge in [0.1, 0.15) is 5.82 Å². The molecule has 1 aromatic carbocycles. The third-order valence-corrected chi connectivity index (χ3v) is 3.07. The molecule has 1 unspecified atom stereocenters. The minimum Gasteiger partial charge on any atom is -0.394 e. The molecule has 3 N–H and O–H groups in total. The number of rotatable bonds is 3. The van der Waals surface area contributed by atoms with Crippen LogP contribution in [-0.2, 0) is 7.05 Å². The molecule has 1 heterocycles. The number of aliphatic hydroxyl groups excluding tert-OH is 1. The predicted octanol–water partition coefficient (Wildman–Crippen LogP) is 1.69. The molecule has 1 atom stereocenters. The Morgan fingerprint density at radius 1 is 1.41 bits per heavy atom. The number of aromatic nitrogens is 2. The smallest absolute Gasteiger partial charge is 0.112 e. The van der Waals surface area contributed by atoms with E-state index in [4.69, 9.17) is 5.73 Å². The maximum atomic E-state index is 9.20. The van der Waals surface area contributed by atoms with Crippen LogP contribution in [0.5, 0.6) is 0 Å². The number of benzene rings is 1. The van der Waals surface area contributed by atoms with Gasteiger partial charge in [0.2, 0.25) is 0 Å². The summed E-state index contributed by atoms with van der Waals surface area (Å²) in [4.78, 5) is 4.61. The zero-order valence-electron chi connectivity index (χ0n) is 10.5. The van der Waals surface area contributed by atoms with Gasteiger partial charge in [0.25, 0.3) is 0 Å². The van der Waals surface area contributed by atoms with Gasteiger partial charge in [-0.25, -0.2) is 4.98 Å². The van der Waals surface area contributed by atoms with Gasteiger partial charge in [-0.05, 0) is 11.6 Å². The second kappa shape index (κ2) is 4.47. The molecule has 2 aromatic rings. The van der Waals surface area contributed by atoms with Crippen molar-refractivity contribution in [3.63, 3.8) is 0 Å². The number of aliphatic hydroxyl groups is 1. The average molecular weight is 233 g/mol. The summed E-state index contributed by atoms with van der Waals surface area (Å²) in [6.45, 7) is 4.18. The monoisotopic (exact) mass is 233 g/mol. The first-order valence-electron chi connectivity index (χ1n) is 5.88. The highest BCUT2D eigenvalue weighted by Crippen LogP contribution is 2.26. The molecule has 92 valence electrons. The summed E-state index contributed by atoms with van der Waals surface area (Å²) in [5.41, 5.74) is 8.84. The van der Waals surface area contributed by atoms with Crippen molar-refractivity contribution in [2.45, 2.75) is 25.8 Å². The van der Waals surface area contributed by atoms with Crippen molar-refractivity contribution in [1.82, 2.24) is 9.55 Å². The average Bonchev–Trinajstić information content (AvgIpc) is 2.66. The van der Waals surface area contributed by atoms with E-state index in [1.54, 1.807) is 0 Å². The summed E-state index contributed by atoms with van der Waals surface area (Å²) < 4.78 is 2.07. The van der Waals surface area contributed by atoms with Crippen LogP contribution in [0.25, 0.3) is 11.0 Å². The second-order valence-corrected chi connectivity index (χ2v) is 4.69. The van der Waals surface area contributed by atoms with Crippen LogP contribution in [0.3, 0.4) is 0 Å². The molecule has 0 fully saturated rings. The fraction of sp³-hybridized carbons (Fsp3) is 0.462. The highest BCUT2D eigenvalue weighted by atomic mass is 16.3. The second-order valence-electron chi connectivity index (χ2n) is 4.69. The molecular formula is C13H19N3O. The quantitative estimate of drug-likeness (QED) is 0.848. The lowest BCUT2D eigenvalue weighted by Gasteiger charge is -2.12. The number of nitrogens with two attached hydrogens (primary N) is 1. The lowest BCUT2D eigenvalue weighted by molar-refractivity contribution is 0.268. The van der Waals surface area contributed by atoms with Gasteiger partial charge < -0.3 is 15.4 Å². The van der Waals surface area contributed by atoms with E-state index in [-0.39, 0.29) is 12.6 Å². The van der Waals surface area contributed by atoms with Crippen molar-refractivity contribution in [3.8, 4) is 0 Å².